The van der Waals surface area contributed by atoms with E-state index in [1.165, 1.54) is 23.8 Å². The van der Waals surface area contributed by atoms with Crippen LogP contribution < -0.4 is 45.7 Å². The number of carboxylic acid groups (broad SMARTS) is 1. The van der Waals surface area contributed by atoms with Crippen molar-refractivity contribution in [3.8, 4) is 0 Å². The van der Waals surface area contributed by atoms with Gasteiger partial charge in [0.25, 0.3) is 11.8 Å². The summed E-state index contributed by atoms with van der Waals surface area (Å²) in [6, 6.07) is -0.931. The zero-order chi connectivity index (χ0) is 21.6. The molecule has 1 saturated carbocycles. The molecule has 2 amide bonds. The summed E-state index contributed by atoms with van der Waals surface area (Å²) in [5, 5.41) is 19.0. The van der Waals surface area contributed by atoms with Crippen LogP contribution >= 0.6 is 23.1 Å². The number of nitrogen functional groups attached to an aromatic ring is 1. The maximum Gasteiger partial charge on any atom is 1.00 e. The fourth-order valence-electron chi connectivity index (χ4n) is 3.68. The van der Waals surface area contributed by atoms with E-state index in [9.17, 15) is 19.5 Å². The second-order valence-corrected chi connectivity index (χ2v) is 8.81. The molecule has 2 fully saturated rings. The molecule has 1 aliphatic carbocycles. The quantitative estimate of drug-likeness (QED) is 0.172. The molecule has 11 nitrogen and oxygen atoms in total. The topological polar surface area (TPSA) is 159 Å². The Hall–Kier alpha value is -1.64. The Morgan fingerprint density at radius 3 is 2.81 bits per heavy atom. The number of nitrogens with one attached hydrogen (secondary N) is 1. The maximum absolute atomic E-state index is 12.8. The zero-order valence-electron chi connectivity index (χ0n) is 17.0. The molecule has 1 aromatic rings. The van der Waals surface area contributed by atoms with Crippen LogP contribution in [0.4, 0.5) is 5.13 Å². The van der Waals surface area contributed by atoms with Crippen molar-refractivity contribution in [2.24, 2.45) is 5.16 Å². The molecule has 2 aliphatic heterocycles. The van der Waals surface area contributed by atoms with E-state index in [1.54, 1.807) is 5.38 Å². The number of nitrogens with zero attached hydrogens (tertiary/aromatic N) is 3. The van der Waals surface area contributed by atoms with E-state index in [-0.39, 0.29) is 63.1 Å². The maximum atomic E-state index is 12.8. The summed E-state index contributed by atoms with van der Waals surface area (Å²) in [7, 11) is 1.28. The number of hydrogen-bond donors (Lipinski definition) is 2. The van der Waals surface area contributed by atoms with Gasteiger partial charge in [-0.25, -0.2) is 4.98 Å². The molecule has 0 bridgehead atoms. The van der Waals surface area contributed by atoms with Crippen LogP contribution in [0.25, 0.3) is 0 Å². The third-order valence-corrected chi connectivity index (χ3v) is 7.32. The third-order valence-electron chi connectivity index (χ3n) is 5.00. The molecule has 31 heavy (non-hydrogen) atoms. The van der Waals surface area contributed by atoms with Crippen LogP contribution in [0.5, 0.6) is 0 Å². The van der Waals surface area contributed by atoms with Crippen molar-refractivity contribution in [3.05, 3.63) is 22.3 Å². The van der Waals surface area contributed by atoms with Crippen LogP contribution in [0.1, 0.15) is 19.0 Å². The van der Waals surface area contributed by atoms with Crippen LogP contribution in [0, 0.1) is 0 Å². The fraction of sp³-hybridized carbons (Fsp3) is 0.471. The molecule has 14 heteroatoms. The van der Waals surface area contributed by atoms with Crippen LogP contribution in [0.3, 0.4) is 0 Å². The van der Waals surface area contributed by atoms with E-state index in [4.69, 9.17) is 15.3 Å². The second kappa shape index (κ2) is 9.46. The van der Waals surface area contributed by atoms with Crippen molar-refractivity contribution in [3.63, 3.8) is 0 Å². The van der Waals surface area contributed by atoms with Crippen LogP contribution in [0.15, 0.2) is 21.8 Å². The van der Waals surface area contributed by atoms with Gasteiger partial charge in [-0.15, -0.1) is 23.1 Å². The van der Waals surface area contributed by atoms with Gasteiger partial charge in [0.05, 0.1) is 23.0 Å². The molecular formula is C17H18N5NaO6S2. The predicted molar refractivity (Wildman–Crippen MR) is 106 cm³/mol. The van der Waals surface area contributed by atoms with Gasteiger partial charge in [-0.05, 0) is 18.9 Å². The normalized spacial score (nSPS) is 26.7. The summed E-state index contributed by atoms with van der Waals surface area (Å²) in [5.41, 5.74) is 6.21. The number of β-lactam (4-membered cyclic amide) rings is 1. The average molecular weight is 475 g/mol. The Balaban J connectivity index is 0.00000272. The number of oxime groups is 1. The SMILES string of the molecule is CCO[C@H]1CC2=C(C(=O)[O-])N3C(=O)[C@@H](NC(=O)/C(=N\OC)c4csc(N)n4)[C@H]3S[C@H]21.[Na+]. The summed E-state index contributed by atoms with van der Waals surface area (Å²) in [6.07, 6.45) is 0.306. The number of nitrogens with two attached hydrogens (primary N) is 1. The van der Waals surface area contributed by atoms with Crippen molar-refractivity contribution in [2.45, 2.75) is 36.1 Å². The second-order valence-electron chi connectivity index (χ2n) is 6.66. The van der Waals surface area contributed by atoms with Crippen molar-refractivity contribution in [1.82, 2.24) is 15.2 Å². The van der Waals surface area contributed by atoms with E-state index < -0.39 is 29.2 Å². The average Bonchev–Trinajstić information content (AvgIpc) is 3.13. The van der Waals surface area contributed by atoms with Crippen molar-refractivity contribution in [1.29, 1.82) is 0 Å². The van der Waals surface area contributed by atoms with Crippen molar-refractivity contribution in [2.75, 3.05) is 19.5 Å². The number of anilines is 1. The van der Waals surface area contributed by atoms with Gasteiger partial charge in [-0.2, -0.15) is 0 Å². The van der Waals surface area contributed by atoms with Crippen LogP contribution in [-0.2, 0) is 24.0 Å². The fourth-order valence-corrected chi connectivity index (χ4v) is 5.92. The molecule has 0 unspecified atom stereocenters. The van der Waals surface area contributed by atoms with Crippen molar-refractivity contribution < 1.29 is 58.6 Å². The molecule has 160 valence electrons. The van der Waals surface area contributed by atoms with E-state index in [2.05, 4.69) is 15.5 Å². The molecule has 1 saturated heterocycles. The molecule has 0 spiro atoms. The number of carbonyl (C=O) groups is 3. The molecule has 4 atom stereocenters. The minimum atomic E-state index is -1.41. The van der Waals surface area contributed by atoms with Gasteiger partial charge in [-0.1, -0.05) is 5.16 Å². The number of aliphatic carboxylic acids is 1. The third kappa shape index (κ3) is 4.10. The summed E-state index contributed by atoms with van der Waals surface area (Å²) >= 11 is 2.52. The number of hydrogen-bond acceptors (Lipinski definition) is 11. The number of fused-ring (bicyclic) bond motifs is 2. The van der Waals surface area contributed by atoms with Crippen LogP contribution in [0.2, 0.25) is 0 Å². The van der Waals surface area contributed by atoms with Gasteiger partial charge in [0.1, 0.15) is 24.2 Å². The Bertz CT molecular complexity index is 982. The summed E-state index contributed by atoms with van der Waals surface area (Å²) < 4.78 is 5.64. The van der Waals surface area contributed by atoms with Gasteiger partial charge in [0.15, 0.2) is 10.8 Å². The minimum Gasteiger partial charge on any atom is -0.543 e. The molecule has 1 aromatic heterocycles. The Labute approximate surface area is 207 Å². The number of ether oxygens (including phenoxy) is 1. The first-order valence-electron chi connectivity index (χ1n) is 9.05. The Morgan fingerprint density at radius 1 is 1.48 bits per heavy atom. The Morgan fingerprint density at radius 2 is 2.23 bits per heavy atom. The number of thiazole rings is 1. The van der Waals surface area contributed by atoms with Gasteiger partial charge in [0, 0.05) is 12.0 Å². The summed E-state index contributed by atoms with van der Waals surface area (Å²) in [6.45, 7) is 2.36. The van der Waals surface area contributed by atoms with E-state index >= 15 is 0 Å². The van der Waals surface area contributed by atoms with Crippen LogP contribution in [-0.4, -0.2) is 69.9 Å². The molecule has 3 heterocycles. The number of amides is 2. The molecule has 4 rings (SSSR count). The molecule has 0 aromatic carbocycles. The largest absolute Gasteiger partial charge is 1.00 e. The molecule has 3 aliphatic rings. The molecular weight excluding hydrogens is 457 g/mol. The first kappa shape index (κ1) is 24.0. The minimum absolute atomic E-state index is 0. The van der Waals surface area contributed by atoms with Gasteiger partial charge in [-0.3, -0.25) is 14.5 Å². The Kier molecular flexibility index (Phi) is 7.33. The standard InChI is InChI=1S/C17H19N5O6S2.Na/c1-3-28-8-4-6-11(16(25)26)22-14(24)10(15(22)30-12(6)8)20-13(23)9(21-27-2)7-5-29-17(18)19-7;/h5,8,10,12,15H,3-4H2,1-2H3,(H2,18,19)(H,20,23)(H,25,26);/q;+1/p-1/b21-9-;/t8-,10+,12+,15+;/m0./s1. The molecule has 3 N–H and O–H groups in total. The van der Waals surface area contributed by atoms with E-state index in [1.807, 2.05) is 6.92 Å². The predicted octanol–water partition coefficient (Wildman–Crippen LogP) is -4.34. The van der Waals surface area contributed by atoms with Gasteiger partial charge in [0.2, 0.25) is 0 Å². The summed E-state index contributed by atoms with van der Waals surface area (Å²) in [4.78, 5) is 47.1. The number of aromatic nitrogens is 1. The number of carboxylic acids is 1. The monoisotopic (exact) mass is 475 g/mol. The van der Waals surface area contributed by atoms with E-state index in [0.29, 0.717) is 18.6 Å². The number of carbonyl (C=O) groups excluding carboxylic acids is 3. The summed E-state index contributed by atoms with van der Waals surface area (Å²) in [5.74, 6) is -2.62. The van der Waals surface area contributed by atoms with E-state index in [0.717, 1.165) is 11.3 Å². The van der Waals surface area contributed by atoms with Gasteiger partial charge >= 0.3 is 29.6 Å². The van der Waals surface area contributed by atoms with Gasteiger partial charge < -0.3 is 30.5 Å². The molecule has 0 radical (unpaired) electrons. The van der Waals surface area contributed by atoms with Crippen molar-refractivity contribution >= 4 is 51.7 Å². The first-order chi connectivity index (χ1) is 14.4. The first-order valence-corrected chi connectivity index (χ1v) is 10.9. The smallest absolute Gasteiger partial charge is 0.543 e. The zero-order valence-corrected chi connectivity index (χ0v) is 20.6. The number of thioether (sulfide) groups is 1. The number of rotatable bonds is 7.